The minimum Gasteiger partial charge on any atom is -0.420 e. The van der Waals surface area contributed by atoms with E-state index in [4.69, 9.17) is 4.43 Å². The smallest absolute Gasteiger partial charge is 0.192 e. The molecule has 0 fully saturated rings. The van der Waals surface area contributed by atoms with Gasteiger partial charge in [-0.1, -0.05) is 19.9 Å². The van der Waals surface area contributed by atoms with Crippen LogP contribution < -0.4 is 0 Å². The largest absolute Gasteiger partial charge is 0.420 e. The van der Waals surface area contributed by atoms with Crippen LogP contribution in [0.25, 0.3) is 0 Å². The zero-order valence-electron chi connectivity index (χ0n) is 8.02. The molecule has 11 heavy (non-hydrogen) atoms. The van der Waals surface area contributed by atoms with Crippen LogP contribution in [-0.2, 0) is 4.43 Å². The van der Waals surface area contributed by atoms with Crippen LogP contribution in [0.15, 0.2) is 12.7 Å². The lowest BCUT2D eigenvalue weighted by molar-refractivity contribution is 0.391. The van der Waals surface area contributed by atoms with Crippen LogP contribution in [0.2, 0.25) is 18.1 Å². The summed E-state index contributed by atoms with van der Waals surface area (Å²) in [7, 11) is 0.554. The Morgan fingerprint density at radius 1 is 1.36 bits per heavy atom. The van der Waals surface area contributed by atoms with E-state index in [0.29, 0.717) is 0 Å². The highest BCUT2D eigenvalue weighted by Crippen LogP contribution is 2.22. The maximum Gasteiger partial charge on any atom is 0.192 e. The van der Waals surface area contributed by atoms with Crippen molar-refractivity contribution in [2.75, 3.05) is 7.11 Å². The number of rotatable bonds is 6. The first kappa shape index (κ1) is 10.9. The molecule has 0 heterocycles. The van der Waals surface area contributed by atoms with Crippen molar-refractivity contribution >= 4 is 8.32 Å². The summed E-state index contributed by atoms with van der Waals surface area (Å²) < 4.78 is 5.63. The molecule has 0 saturated heterocycles. The quantitative estimate of drug-likeness (QED) is 0.441. The first-order valence-electron chi connectivity index (χ1n) is 4.40. The van der Waals surface area contributed by atoms with Crippen molar-refractivity contribution in [2.24, 2.45) is 0 Å². The van der Waals surface area contributed by atoms with E-state index in [1.807, 2.05) is 13.2 Å². The molecule has 0 spiro atoms. The van der Waals surface area contributed by atoms with Crippen LogP contribution in [0.4, 0.5) is 0 Å². The van der Waals surface area contributed by atoms with E-state index in [2.05, 4.69) is 20.4 Å². The molecule has 0 saturated carbocycles. The lowest BCUT2D eigenvalue weighted by Gasteiger charge is -2.26. The van der Waals surface area contributed by atoms with Crippen molar-refractivity contribution < 1.29 is 4.43 Å². The van der Waals surface area contributed by atoms with Gasteiger partial charge in [0.2, 0.25) is 0 Å². The normalized spacial score (nSPS) is 11.5. The third kappa shape index (κ3) is 3.21. The standard InChI is InChI=1S/C9H20OSi/c1-5-8-9-11(6-2,7-3)10-4/h5H,1,6-9H2,2-4H3. The highest BCUT2D eigenvalue weighted by Gasteiger charge is 2.27. The molecule has 0 radical (unpaired) electrons. The predicted octanol–water partition coefficient (Wildman–Crippen LogP) is 3.19. The fraction of sp³-hybridized carbons (Fsp3) is 0.778. The zero-order valence-corrected chi connectivity index (χ0v) is 9.02. The Morgan fingerprint density at radius 3 is 2.18 bits per heavy atom. The molecular weight excluding hydrogens is 152 g/mol. The maximum atomic E-state index is 5.63. The lowest BCUT2D eigenvalue weighted by Crippen LogP contribution is -2.34. The molecule has 0 aromatic carbocycles. The maximum absolute atomic E-state index is 5.63. The monoisotopic (exact) mass is 172 g/mol. The molecule has 0 aliphatic rings. The van der Waals surface area contributed by atoms with Gasteiger partial charge in [0.25, 0.3) is 0 Å². The van der Waals surface area contributed by atoms with Crippen molar-refractivity contribution in [1.29, 1.82) is 0 Å². The Kier molecular flexibility index (Phi) is 5.51. The van der Waals surface area contributed by atoms with E-state index in [0.717, 1.165) is 6.42 Å². The summed E-state index contributed by atoms with van der Waals surface area (Å²) in [6.45, 7) is 8.21. The summed E-state index contributed by atoms with van der Waals surface area (Å²) in [6.07, 6.45) is 3.10. The highest BCUT2D eigenvalue weighted by atomic mass is 28.4. The van der Waals surface area contributed by atoms with E-state index in [-0.39, 0.29) is 0 Å². The van der Waals surface area contributed by atoms with Crippen molar-refractivity contribution in [3.05, 3.63) is 12.7 Å². The minimum atomic E-state index is -1.31. The van der Waals surface area contributed by atoms with Crippen LogP contribution in [0.3, 0.4) is 0 Å². The van der Waals surface area contributed by atoms with Gasteiger partial charge in [-0.2, -0.15) is 0 Å². The van der Waals surface area contributed by atoms with Gasteiger partial charge in [0, 0.05) is 7.11 Å². The average molecular weight is 172 g/mol. The molecule has 2 heteroatoms. The van der Waals surface area contributed by atoms with Gasteiger partial charge in [-0.05, 0) is 24.6 Å². The number of hydrogen-bond donors (Lipinski definition) is 0. The molecule has 0 aliphatic carbocycles. The molecule has 0 N–H and O–H groups in total. The average Bonchev–Trinajstić information content (AvgIpc) is 2.08. The molecule has 0 unspecified atom stereocenters. The van der Waals surface area contributed by atoms with E-state index in [9.17, 15) is 0 Å². The van der Waals surface area contributed by atoms with Crippen LogP contribution in [0.5, 0.6) is 0 Å². The van der Waals surface area contributed by atoms with Gasteiger partial charge in [0.15, 0.2) is 8.32 Å². The van der Waals surface area contributed by atoms with Gasteiger partial charge in [-0.3, -0.25) is 0 Å². The summed E-state index contributed by atoms with van der Waals surface area (Å²) in [5, 5.41) is 0. The van der Waals surface area contributed by atoms with Crippen LogP contribution in [0, 0.1) is 0 Å². The van der Waals surface area contributed by atoms with Gasteiger partial charge in [-0.15, -0.1) is 6.58 Å². The molecule has 0 aromatic rings. The zero-order chi connectivity index (χ0) is 8.74. The molecule has 0 amide bonds. The van der Waals surface area contributed by atoms with Crippen LogP contribution in [0.1, 0.15) is 20.3 Å². The van der Waals surface area contributed by atoms with E-state index < -0.39 is 8.32 Å². The van der Waals surface area contributed by atoms with E-state index in [1.54, 1.807) is 0 Å². The SMILES string of the molecule is C=CCC[Si](CC)(CC)OC. The van der Waals surface area contributed by atoms with Gasteiger partial charge >= 0.3 is 0 Å². The Balaban J connectivity index is 3.93. The molecule has 0 rings (SSSR count). The van der Waals surface area contributed by atoms with Crippen molar-refractivity contribution in [3.63, 3.8) is 0 Å². The third-order valence-electron chi connectivity index (χ3n) is 2.53. The Labute approximate surface area is 71.6 Å². The molecule has 0 bridgehead atoms. The molecule has 0 atom stereocenters. The number of allylic oxidation sites excluding steroid dienone is 1. The van der Waals surface area contributed by atoms with Crippen molar-refractivity contribution in [2.45, 2.75) is 38.4 Å². The third-order valence-corrected chi connectivity index (χ3v) is 7.17. The molecule has 0 aromatic heterocycles. The fourth-order valence-corrected chi connectivity index (χ4v) is 4.08. The van der Waals surface area contributed by atoms with Gasteiger partial charge in [0.1, 0.15) is 0 Å². The molecular formula is C9H20OSi. The summed E-state index contributed by atoms with van der Waals surface area (Å²) in [6, 6.07) is 3.70. The molecule has 0 aliphatic heterocycles. The lowest BCUT2D eigenvalue weighted by atomic mass is 10.5. The van der Waals surface area contributed by atoms with Crippen LogP contribution >= 0.6 is 0 Å². The first-order chi connectivity index (χ1) is 5.24. The second-order valence-corrected chi connectivity index (χ2v) is 7.61. The summed E-state index contributed by atoms with van der Waals surface area (Å²) >= 11 is 0. The van der Waals surface area contributed by atoms with Crippen molar-refractivity contribution in [1.82, 2.24) is 0 Å². The van der Waals surface area contributed by atoms with Gasteiger partial charge in [-0.25, -0.2) is 0 Å². The highest BCUT2D eigenvalue weighted by molar-refractivity contribution is 6.73. The Hall–Kier alpha value is -0.0831. The first-order valence-corrected chi connectivity index (χ1v) is 6.93. The summed E-state index contributed by atoms with van der Waals surface area (Å²) in [4.78, 5) is 0. The van der Waals surface area contributed by atoms with Crippen LogP contribution in [-0.4, -0.2) is 15.4 Å². The predicted molar refractivity (Wildman–Crippen MR) is 53.3 cm³/mol. The van der Waals surface area contributed by atoms with Crippen molar-refractivity contribution in [3.8, 4) is 0 Å². The Morgan fingerprint density at radius 2 is 1.91 bits per heavy atom. The minimum absolute atomic E-state index is 1.11. The molecule has 66 valence electrons. The van der Waals surface area contributed by atoms with E-state index in [1.165, 1.54) is 18.1 Å². The topological polar surface area (TPSA) is 9.23 Å². The fourth-order valence-electron chi connectivity index (χ4n) is 1.36. The van der Waals surface area contributed by atoms with Gasteiger partial charge < -0.3 is 4.43 Å². The summed E-state index contributed by atoms with van der Waals surface area (Å²) in [5.74, 6) is 0. The number of hydrogen-bond acceptors (Lipinski definition) is 1. The van der Waals surface area contributed by atoms with E-state index >= 15 is 0 Å². The summed E-state index contributed by atoms with van der Waals surface area (Å²) in [5.41, 5.74) is 0. The molecule has 1 nitrogen and oxygen atoms in total. The Bertz CT molecular complexity index is 99.9. The van der Waals surface area contributed by atoms with Gasteiger partial charge in [0.05, 0.1) is 0 Å². The second-order valence-electron chi connectivity index (χ2n) is 2.92. The second kappa shape index (κ2) is 5.55.